The van der Waals surface area contributed by atoms with Crippen LogP contribution in [0.5, 0.6) is 5.75 Å². The second-order valence-corrected chi connectivity index (χ2v) is 7.29. The molecule has 1 saturated heterocycles. The number of piperazine rings is 1. The van der Waals surface area contributed by atoms with Gasteiger partial charge in [-0.2, -0.15) is 0 Å². The number of carbonyl (C=O) groups is 2. The molecule has 1 aliphatic rings. The fraction of sp³-hybridized carbons (Fsp3) is 0.600. The number of alkyl halides is 4. The van der Waals surface area contributed by atoms with E-state index in [0.717, 1.165) is 11.8 Å². The van der Waals surface area contributed by atoms with Gasteiger partial charge in [0.05, 0.1) is 13.2 Å². The van der Waals surface area contributed by atoms with Crippen LogP contribution in [0.3, 0.4) is 0 Å². The highest BCUT2D eigenvalue weighted by atomic mass is 19.4. The number of hydrogen-bond donors (Lipinski definition) is 0. The predicted molar refractivity (Wildman–Crippen MR) is 105 cm³/mol. The number of amides is 1. The highest BCUT2D eigenvalue weighted by Gasteiger charge is 2.32. The summed E-state index contributed by atoms with van der Waals surface area (Å²) in [5, 5.41) is 0. The topological polar surface area (TPSA) is 59.1 Å². The fourth-order valence-corrected chi connectivity index (χ4v) is 2.70. The molecule has 0 aliphatic carbocycles. The van der Waals surface area contributed by atoms with E-state index < -0.39 is 24.1 Å². The van der Waals surface area contributed by atoms with Crippen molar-refractivity contribution in [3.05, 3.63) is 29.8 Å². The molecule has 1 unspecified atom stereocenters. The Bertz CT molecular complexity index is 660. The minimum absolute atomic E-state index is 0. The molecule has 6 nitrogen and oxygen atoms in total. The molecule has 1 aromatic rings. The maximum absolute atomic E-state index is 12.2. The van der Waals surface area contributed by atoms with E-state index in [-0.39, 0.29) is 19.7 Å². The number of carbonyl (C=O) groups excluding carboxylic acids is 2. The number of ether oxygens (including phenoxy) is 2. The molecule has 30 heavy (non-hydrogen) atoms. The van der Waals surface area contributed by atoms with E-state index in [2.05, 4.69) is 4.74 Å². The van der Waals surface area contributed by atoms with Crippen molar-refractivity contribution in [1.82, 2.24) is 9.80 Å². The lowest BCUT2D eigenvalue weighted by Gasteiger charge is -2.39. The van der Waals surface area contributed by atoms with Crippen LogP contribution in [0, 0.1) is 0 Å². The van der Waals surface area contributed by atoms with Gasteiger partial charge in [-0.3, -0.25) is 9.29 Å². The summed E-state index contributed by atoms with van der Waals surface area (Å²) >= 11 is 0. The Labute approximate surface area is 174 Å². The van der Waals surface area contributed by atoms with Crippen LogP contribution < -0.4 is 4.74 Å². The first kappa shape index (κ1) is 27.6. The van der Waals surface area contributed by atoms with Crippen LogP contribution in [0.25, 0.3) is 0 Å². The summed E-state index contributed by atoms with van der Waals surface area (Å²) in [6.45, 7) is 6.73. The van der Waals surface area contributed by atoms with Crippen molar-refractivity contribution in [1.29, 1.82) is 0 Å². The molecule has 0 radical (unpaired) electrons. The third-order valence-corrected chi connectivity index (χ3v) is 3.88. The summed E-state index contributed by atoms with van der Waals surface area (Å²) in [6.07, 6.45) is -4.44. The third-order valence-electron chi connectivity index (χ3n) is 3.88. The van der Waals surface area contributed by atoms with Gasteiger partial charge in [-0.05, 0) is 38.5 Å². The van der Waals surface area contributed by atoms with Crippen LogP contribution in [0.4, 0.5) is 22.4 Å². The summed E-state index contributed by atoms with van der Waals surface area (Å²) < 4.78 is 55.3. The lowest BCUT2D eigenvalue weighted by atomic mass is 10.1. The summed E-state index contributed by atoms with van der Waals surface area (Å²) in [4.78, 5) is 27.0. The number of nitrogens with zero attached hydrogens (tertiary/aromatic N) is 2. The minimum atomic E-state index is -4.73. The standard InChI is InChI=1S/C18H23F3N2O4.CH3F.CH4/c1-17(2,3)27-16(25)23-9-8-22(14(11-23)12-24)10-13-4-6-15(7-5-13)26-18(19,20)21;1-2;/h4-7,12,14H,8-11H2,1-3H3;1H3;1H4. The molecule has 2 rings (SSSR count). The minimum Gasteiger partial charge on any atom is -0.444 e. The molecule has 0 spiro atoms. The number of benzene rings is 1. The van der Waals surface area contributed by atoms with Crippen molar-refractivity contribution in [3.8, 4) is 5.75 Å². The zero-order valence-corrected chi connectivity index (χ0v) is 16.8. The SMILES string of the molecule is C.CC(C)(C)OC(=O)N1CCN(Cc2ccc(OC(F)(F)F)cc2)C(C=O)C1.CF. The van der Waals surface area contributed by atoms with E-state index in [0.29, 0.717) is 26.8 Å². The van der Waals surface area contributed by atoms with E-state index in [1.807, 2.05) is 4.90 Å². The quantitative estimate of drug-likeness (QED) is 0.514. The highest BCUT2D eigenvalue weighted by Crippen LogP contribution is 2.23. The number of rotatable bonds is 4. The lowest BCUT2D eigenvalue weighted by molar-refractivity contribution is -0.274. The van der Waals surface area contributed by atoms with Crippen LogP contribution in [-0.2, 0) is 16.1 Å². The molecule has 172 valence electrons. The first-order valence-corrected chi connectivity index (χ1v) is 8.86. The Hall–Kier alpha value is -2.36. The molecule has 1 aromatic carbocycles. The van der Waals surface area contributed by atoms with Crippen molar-refractivity contribution in [2.75, 3.05) is 26.8 Å². The Morgan fingerprint density at radius 2 is 1.70 bits per heavy atom. The summed E-state index contributed by atoms with van der Waals surface area (Å²) in [7, 11) is 0.500. The van der Waals surface area contributed by atoms with Crippen LogP contribution in [0.2, 0.25) is 0 Å². The van der Waals surface area contributed by atoms with Crippen molar-refractivity contribution >= 4 is 12.4 Å². The fourth-order valence-electron chi connectivity index (χ4n) is 2.70. The largest absolute Gasteiger partial charge is 0.573 e. The van der Waals surface area contributed by atoms with Crippen LogP contribution >= 0.6 is 0 Å². The first-order chi connectivity index (χ1) is 13.5. The Morgan fingerprint density at radius 1 is 1.13 bits per heavy atom. The third kappa shape index (κ3) is 9.43. The molecule has 0 saturated carbocycles. The van der Waals surface area contributed by atoms with E-state index in [9.17, 15) is 27.2 Å². The van der Waals surface area contributed by atoms with Crippen molar-refractivity contribution < 1.29 is 36.6 Å². The summed E-state index contributed by atoms with van der Waals surface area (Å²) in [5.41, 5.74) is 0.118. The molecule has 1 heterocycles. The van der Waals surface area contributed by atoms with Crippen molar-refractivity contribution in [2.45, 2.75) is 52.7 Å². The maximum Gasteiger partial charge on any atom is 0.573 e. The molecule has 1 aliphatic heterocycles. The number of hydrogen-bond acceptors (Lipinski definition) is 5. The summed E-state index contributed by atoms with van der Waals surface area (Å²) in [6, 6.07) is 4.98. The van der Waals surface area contributed by atoms with Gasteiger partial charge in [-0.15, -0.1) is 13.2 Å². The van der Waals surface area contributed by atoms with Gasteiger partial charge in [0.1, 0.15) is 17.6 Å². The molecule has 1 fully saturated rings. The molecule has 0 aromatic heterocycles. The maximum atomic E-state index is 12.2. The molecule has 1 atom stereocenters. The van der Waals surface area contributed by atoms with E-state index in [4.69, 9.17) is 4.74 Å². The normalized spacial score (nSPS) is 17.2. The summed E-state index contributed by atoms with van der Waals surface area (Å²) in [5.74, 6) is -0.298. The van der Waals surface area contributed by atoms with Gasteiger partial charge in [-0.1, -0.05) is 19.6 Å². The average Bonchev–Trinajstić information content (AvgIpc) is 2.62. The van der Waals surface area contributed by atoms with Crippen LogP contribution in [-0.4, -0.2) is 67.0 Å². The van der Waals surface area contributed by atoms with Gasteiger partial charge in [0.15, 0.2) is 0 Å². The van der Waals surface area contributed by atoms with E-state index >= 15 is 0 Å². The van der Waals surface area contributed by atoms with Gasteiger partial charge < -0.3 is 19.2 Å². The molecule has 10 heteroatoms. The molecular formula is C20H30F4N2O4. The Kier molecular flexibility index (Phi) is 10.8. The number of aldehydes is 1. The van der Waals surface area contributed by atoms with Gasteiger partial charge in [0.25, 0.3) is 0 Å². The van der Waals surface area contributed by atoms with E-state index in [1.165, 1.54) is 29.2 Å². The van der Waals surface area contributed by atoms with Crippen LogP contribution in [0.1, 0.15) is 33.8 Å². The monoisotopic (exact) mass is 438 g/mol. The van der Waals surface area contributed by atoms with Gasteiger partial charge in [0.2, 0.25) is 0 Å². The van der Waals surface area contributed by atoms with Crippen molar-refractivity contribution in [2.24, 2.45) is 0 Å². The highest BCUT2D eigenvalue weighted by molar-refractivity contribution is 5.70. The second kappa shape index (κ2) is 11.7. The zero-order chi connectivity index (χ0) is 22.2. The molecule has 1 amide bonds. The molecular weight excluding hydrogens is 408 g/mol. The van der Waals surface area contributed by atoms with Gasteiger partial charge in [0, 0.05) is 26.2 Å². The van der Waals surface area contributed by atoms with E-state index in [1.54, 1.807) is 20.8 Å². The smallest absolute Gasteiger partial charge is 0.444 e. The van der Waals surface area contributed by atoms with Crippen LogP contribution in [0.15, 0.2) is 24.3 Å². The van der Waals surface area contributed by atoms with Gasteiger partial charge in [-0.25, -0.2) is 4.79 Å². The second-order valence-electron chi connectivity index (χ2n) is 7.29. The zero-order valence-electron chi connectivity index (χ0n) is 16.8. The first-order valence-electron chi connectivity index (χ1n) is 8.86. The lowest BCUT2D eigenvalue weighted by Crippen LogP contribution is -2.55. The molecule has 0 N–H and O–H groups in total. The number of halogens is 4. The van der Waals surface area contributed by atoms with Gasteiger partial charge >= 0.3 is 12.5 Å². The Morgan fingerprint density at radius 3 is 2.17 bits per heavy atom. The Balaban J connectivity index is 0.00000272. The molecule has 0 bridgehead atoms. The van der Waals surface area contributed by atoms with Crippen molar-refractivity contribution in [3.63, 3.8) is 0 Å². The average molecular weight is 438 g/mol. The predicted octanol–water partition coefficient (Wildman–Crippen LogP) is 4.43.